The van der Waals surface area contributed by atoms with Gasteiger partial charge in [0, 0.05) is 25.2 Å². The first-order chi connectivity index (χ1) is 9.10. The molecule has 100 valence electrons. The highest BCUT2D eigenvalue weighted by Crippen LogP contribution is 2.24. The van der Waals surface area contributed by atoms with Gasteiger partial charge in [-0.25, -0.2) is 9.97 Å². The summed E-state index contributed by atoms with van der Waals surface area (Å²) in [7, 11) is 2.03. The average Bonchev–Trinajstić information content (AvgIpc) is 2.37. The standard InChI is InChI=1S/C15H18BrN3/c1-4-6-14-17-13(16)10-15(18-14)19(3)12-8-5-7-11(2)9-12/h5,7-10H,4,6H2,1-3H3. The molecule has 0 saturated carbocycles. The molecule has 0 aliphatic rings. The van der Waals surface area contributed by atoms with Crippen molar-refractivity contribution in [3.8, 4) is 0 Å². The SMILES string of the molecule is CCCc1nc(Br)cc(N(C)c2cccc(C)c2)n1. The van der Waals surface area contributed by atoms with Crippen molar-refractivity contribution in [2.24, 2.45) is 0 Å². The molecule has 0 fully saturated rings. The van der Waals surface area contributed by atoms with Gasteiger partial charge in [-0.1, -0.05) is 19.1 Å². The van der Waals surface area contributed by atoms with Gasteiger partial charge in [0.2, 0.25) is 0 Å². The Morgan fingerprint density at radius 1 is 1.21 bits per heavy atom. The maximum Gasteiger partial charge on any atom is 0.137 e. The third kappa shape index (κ3) is 3.53. The van der Waals surface area contributed by atoms with Gasteiger partial charge in [-0.15, -0.1) is 0 Å². The highest BCUT2D eigenvalue weighted by Gasteiger charge is 2.09. The Hall–Kier alpha value is -1.42. The minimum absolute atomic E-state index is 0.834. The van der Waals surface area contributed by atoms with Crippen LogP contribution in [0.3, 0.4) is 0 Å². The van der Waals surface area contributed by atoms with Crippen LogP contribution in [0.1, 0.15) is 24.7 Å². The third-order valence-electron chi connectivity index (χ3n) is 2.93. The largest absolute Gasteiger partial charge is 0.329 e. The van der Waals surface area contributed by atoms with Gasteiger partial charge in [-0.3, -0.25) is 0 Å². The fourth-order valence-electron chi connectivity index (χ4n) is 1.93. The van der Waals surface area contributed by atoms with Gasteiger partial charge >= 0.3 is 0 Å². The van der Waals surface area contributed by atoms with E-state index >= 15 is 0 Å². The highest BCUT2D eigenvalue weighted by atomic mass is 79.9. The third-order valence-corrected chi connectivity index (χ3v) is 3.34. The molecule has 0 bridgehead atoms. The maximum atomic E-state index is 4.61. The van der Waals surface area contributed by atoms with Crippen LogP contribution in [0.4, 0.5) is 11.5 Å². The lowest BCUT2D eigenvalue weighted by atomic mass is 10.2. The summed E-state index contributed by atoms with van der Waals surface area (Å²) in [4.78, 5) is 11.1. The normalized spacial score (nSPS) is 10.5. The Morgan fingerprint density at radius 3 is 2.68 bits per heavy atom. The lowest BCUT2D eigenvalue weighted by molar-refractivity contribution is 0.825. The monoisotopic (exact) mass is 319 g/mol. The average molecular weight is 320 g/mol. The maximum absolute atomic E-state index is 4.61. The number of anilines is 2. The summed E-state index contributed by atoms with van der Waals surface area (Å²) in [6, 6.07) is 10.3. The molecule has 0 atom stereocenters. The first kappa shape index (κ1) is 14.0. The second-order valence-electron chi connectivity index (χ2n) is 4.61. The predicted octanol–water partition coefficient (Wildman–Crippen LogP) is 4.27. The second-order valence-corrected chi connectivity index (χ2v) is 5.43. The summed E-state index contributed by atoms with van der Waals surface area (Å²) in [6.07, 6.45) is 1.94. The molecule has 2 aromatic rings. The molecule has 3 nitrogen and oxygen atoms in total. The topological polar surface area (TPSA) is 29.0 Å². The summed E-state index contributed by atoms with van der Waals surface area (Å²) in [5.74, 6) is 1.79. The van der Waals surface area contributed by atoms with Crippen LogP contribution in [0.5, 0.6) is 0 Å². The van der Waals surface area contributed by atoms with Crippen molar-refractivity contribution in [1.29, 1.82) is 0 Å². The fourth-order valence-corrected chi connectivity index (χ4v) is 2.34. The van der Waals surface area contributed by atoms with Gasteiger partial charge in [0.05, 0.1) is 0 Å². The molecule has 4 heteroatoms. The number of hydrogen-bond acceptors (Lipinski definition) is 3. The molecule has 0 amide bonds. The number of aromatic nitrogens is 2. The van der Waals surface area contributed by atoms with E-state index in [4.69, 9.17) is 0 Å². The number of nitrogens with zero attached hydrogens (tertiary/aromatic N) is 3. The van der Waals surface area contributed by atoms with Crippen molar-refractivity contribution < 1.29 is 0 Å². The Bertz CT molecular complexity index is 569. The molecule has 0 radical (unpaired) electrons. The number of aryl methyl sites for hydroxylation is 2. The number of rotatable bonds is 4. The van der Waals surface area contributed by atoms with E-state index in [0.29, 0.717) is 0 Å². The van der Waals surface area contributed by atoms with E-state index in [2.05, 4.69) is 68.9 Å². The van der Waals surface area contributed by atoms with Crippen molar-refractivity contribution in [3.63, 3.8) is 0 Å². The molecule has 2 rings (SSSR count). The van der Waals surface area contributed by atoms with E-state index in [1.165, 1.54) is 5.56 Å². The lowest BCUT2D eigenvalue weighted by Gasteiger charge is -2.19. The van der Waals surface area contributed by atoms with Crippen LogP contribution in [-0.2, 0) is 6.42 Å². The molecule has 0 saturated heterocycles. The molecule has 0 aliphatic heterocycles. The number of hydrogen-bond donors (Lipinski definition) is 0. The molecular weight excluding hydrogens is 302 g/mol. The van der Waals surface area contributed by atoms with E-state index in [0.717, 1.165) is 34.8 Å². The molecule has 19 heavy (non-hydrogen) atoms. The van der Waals surface area contributed by atoms with Crippen LogP contribution >= 0.6 is 15.9 Å². The van der Waals surface area contributed by atoms with Gasteiger partial charge in [0.25, 0.3) is 0 Å². The van der Waals surface area contributed by atoms with Crippen molar-refractivity contribution in [1.82, 2.24) is 9.97 Å². The van der Waals surface area contributed by atoms with Crippen molar-refractivity contribution in [2.45, 2.75) is 26.7 Å². The van der Waals surface area contributed by atoms with Crippen LogP contribution in [-0.4, -0.2) is 17.0 Å². The first-order valence-corrected chi connectivity index (χ1v) is 7.23. The minimum Gasteiger partial charge on any atom is -0.329 e. The van der Waals surface area contributed by atoms with Crippen molar-refractivity contribution >= 4 is 27.4 Å². The van der Waals surface area contributed by atoms with Gasteiger partial charge < -0.3 is 4.90 Å². The summed E-state index contributed by atoms with van der Waals surface area (Å²) < 4.78 is 0.834. The van der Waals surface area contributed by atoms with Crippen LogP contribution in [0.2, 0.25) is 0 Å². The first-order valence-electron chi connectivity index (χ1n) is 6.44. The molecule has 0 unspecified atom stereocenters. The fraction of sp³-hybridized carbons (Fsp3) is 0.333. The summed E-state index contributed by atoms with van der Waals surface area (Å²) in [5.41, 5.74) is 2.37. The summed E-state index contributed by atoms with van der Waals surface area (Å²) in [5, 5.41) is 0. The molecule has 1 heterocycles. The van der Waals surface area contributed by atoms with E-state index < -0.39 is 0 Å². The van der Waals surface area contributed by atoms with E-state index in [-0.39, 0.29) is 0 Å². The zero-order chi connectivity index (χ0) is 13.8. The molecule has 0 aliphatic carbocycles. The quantitative estimate of drug-likeness (QED) is 0.788. The van der Waals surface area contributed by atoms with Crippen LogP contribution < -0.4 is 4.90 Å². The Kier molecular flexibility index (Phi) is 4.53. The van der Waals surface area contributed by atoms with Crippen molar-refractivity contribution in [2.75, 3.05) is 11.9 Å². The molecular formula is C15H18BrN3. The molecule has 0 spiro atoms. The Labute approximate surface area is 122 Å². The van der Waals surface area contributed by atoms with Crippen LogP contribution in [0.25, 0.3) is 0 Å². The zero-order valence-electron chi connectivity index (χ0n) is 11.5. The van der Waals surface area contributed by atoms with E-state index in [9.17, 15) is 0 Å². The van der Waals surface area contributed by atoms with Gasteiger partial charge in [0.1, 0.15) is 16.2 Å². The molecule has 1 aromatic heterocycles. The number of benzene rings is 1. The van der Waals surface area contributed by atoms with Crippen molar-refractivity contribution in [3.05, 3.63) is 46.3 Å². The van der Waals surface area contributed by atoms with Crippen LogP contribution in [0.15, 0.2) is 34.9 Å². The summed E-state index contributed by atoms with van der Waals surface area (Å²) >= 11 is 3.46. The van der Waals surface area contributed by atoms with Gasteiger partial charge in [0.15, 0.2) is 0 Å². The van der Waals surface area contributed by atoms with Crippen LogP contribution in [0, 0.1) is 6.92 Å². The molecule has 1 aromatic carbocycles. The molecule has 0 N–H and O–H groups in total. The lowest BCUT2D eigenvalue weighted by Crippen LogP contribution is -2.13. The minimum atomic E-state index is 0.834. The highest BCUT2D eigenvalue weighted by molar-refractivity contribution is 9.10. The number of halogens is 1. The van der Waals surface area contributed by atoms with E-state index in [1.807, 2.05) is 13.1 Å². The van der Waals surface area contributed by atoms with Gasteiger partial charge in [-0.05, 0) is 47.0 Å². The predicted molar refractivity (Wildman–Crippen MR) is 83.0 cm³/mol. The second kappa shape index (κ2) is 6.15. The smallest absolute Gasteiger partial charge is 0.137 e. The Morgan fingerprint density at radius 2 is 2.00 bits per heavy atom. The van der Waals surface area contributed by atoms with Gasteiger partial charge in [-0.2, -0.15) is 0 Å². The Balaban J connectivity index is 2.35. The summed E-state index contributed by atoms with van der Waals surface area (Å²) in [6.45, 7) is 4.23. The zero-order valence-corrected chi connectivity index (χ0v) is 13.1. The van der Waals surface area contributed by atoms with E-state index in [1.54, 1.807) is 0 Å².